The van der Waals surface area contributed by atoms with Crippen LogP contribution in [0.1, 0.15) is 16.1 Å². The number of hydrogen-bond acceptors (Lipinski definition) is 6. The van der Waals surface area contributed by atoms with Gasteiger partial charge in [0.05, 0.1) is 15.2 Å². The Morgan fingerprint density at radius 2 is 1.96 bits per heavy atom. The first-order valence-electron chi connectivity index (χ1n) is 7.38. The molecule has 3 rings (SSSR count). The quantitative estimate of drug-likeness (QED) is 0.218. The molecular weight excluding hydrogens is 381 g/mol. The van der Waals surface area contributed by atoms with Gasteiger partial charge in [-0.15, -0.1) is 0 Å². The first kappa shape index (κ1) is 18.2. The molecule has 3 aromatic rings. The lowest BCUT2D eigenvalue weighted by atomic mass is 10.1. The fourth-order valence-corrected chi connectivity index (χ4v) is 2.38. The fraction of sp³-hybridized carbons (Fsp3) is 0. The normalized spacial score (nSPS) is 11.0. The average Bonchev–Trinajstić information content (AvgIpc) is 3.04. The minimum Gasteiger partial charge on any atom is -0.539 e. The number of nitrogens with zero attached hydrogens (tertiary/aromatic N) is 3. The van der Waals surface area contributed by atoms with E-state index in [4.69, 9.17) is 11.6 Å². The maximum atomic E-state index is 13.3. The standard InChI is InChI=1S/C17H9ClFN3O5/c18-13-9-12(6-7-14(13)19)21-16(17(24)27-20-21)15(23)8-3-10-1-4-11(5-2-10)22(25)26/h1-9H/b8-3+. The van der Waals surface area contributed by atoms with Gasteiger partial charge in [0, 0.05) is 24.3 Å². The summed E-state index contributed by atoms with van der Waals surface area (Å²) in [6.45, 7) is 0. The molecule has 1 aromatic heterocycles. The molecule has 0 amide bonds. The Hall–Kier alpha value is -3.59. The molecule has 2 aromatic carbocycles. The Balaban J connectivity index is 1.90. The van der Waals surface area contributed by atoms with E-state index in [-0.39, 0.29) is 16.4 Å². The van der Waals surface area contributed by atoms with Crippen LogP contribution in [0.2, 0.25) is 5.02 Å². The van der Waals surface area contributed by atoms with Crippen LogP contribution < -0.4 is 9.79 Å². The molecule has 0 aliphatic heterocycles. The number of allylic oxidation sites excluding steroid dienone is 1. The second kappa shape index (κ2) is 7.34. The van der Waals surface area contributed by atoms with Gasteiger partial charge in [0.25, 0.3) is 11.5 Å². The molecule has 0 fully saturated rings. The summed E-state index contributed by atoms with van der Waals surface area (Å²) in [4.78, 5) is 22.5. The zero-order valence-corrected chi connectivity index (χ0v) is 14.1. The Kier molecular flexibility index (Phi) is 4.95. The van der Waals surface area contributed by atoms with Crippen molar-refractivity contribution in [1.29, 1.82) is 0 Å². The molecule has 0 aliphatic rings. The van der Waals surface area contributed by atoms with Gasteiger partial charge < -0.3 is 9.63 Å². The van der Waals surface area contributed by atoms with Gasteiger partial charge in [-0.3, -0.25) is 14.9 Å². The van der Waals surface area contributed by atoms with E-state index in [0.29, 0.717) is 5.56 Å². The van der Waals surface area contributed by atoms with Crippen LogP contribution in [-0.2, 0) is 0 Å². The molecule has 0 unspecified atom stereocenters. The van der Waals surface area contributed by atoms with E-state index in [1.807, 2.05) is 0 Å². The van der Waals surface area contributed by atoms with Crippen molar-refractivity contribution in [2.45, 2.75) is 0 Å². The van der Waals surface area contributed by atoms with Gasteiger partial charge in [-0.2, -0.15) is 0 Å². The minimum atomic E-state index is -0.978. The predicted molar refractivity (Wildman–Crippen MR) is 88.9 cm³/mol. The molecule has 0 aliphatic carbocycles. The van der Waals surface area contributed by atoms with E-state index >= 15 is 0 Å². The molecule has 0 saturated carbocycles. The lowest BCUT2D eigenvalue weighted by molar-refractivity contribution is -0.672. The van der Waals surface area contributed by atoms with E-state index in [2.05, 4.69) is 9.79 Å². The highest BCUT2D eigenvalue weighted by Crippen LogP contribution is 2.19. The number of halogens is 2. The van der Waals surface area contributed by atoms with Gasteiger partial charge in [-0.1, -0.05) is 17.7 Å². The van der Waals surface area contributed by atoms with Crippen LogP contribution in [0.15, 0.2) is 53.1 Å². The zero-order valence-electron chi connectivity index (χ0n) is 13.3. The van der Waals surface area contributed by atoms with Gasteiger partial charge in [0.15, 0.2) is 5.95 Å². The van der Waals surface area contributed by atoms with Crippen LogP contribution in [-0.4, -0.2) is 16.0 Å². The van der Waals surface area contributed by atoms with Crippen molar-refractivity contribution in [3.05, 3.63) is 80.8 Å². The van der Waals surface area contributed by atoms with E-state index in [0.717, 1.165) is 16.8 Å². The summed E-state index contributed by atoms with van der Waals surface area (Å²) < 4.78 is 18.7. The Bertz CT molecular complexity index is 1060. The molecule has 10 heteroatoms. The number of ketones is 1. The number of benzene rings is 2. The maximum absolute atomic E-state index is 13.3. The number of rotatable bonds is 5. The van der Waals surface area contributed by atoms with Crippen LogP contribution >= 0.6 is 11.6 Å². The summed E-state index contributed by atoms with van der Waals surface area (Å²) in [6, 6.07) is 8.98. The van der Waals surface area contributed by atoms with Crippen molar-refractivity contribution >= 4 is 29.1 Å². The molecular formula is C17H9ClFN3O5. The summed E-state index contributed by atoms with van der Waals surface area (Å²) in [5, 5.41) is 25.8. The van der Waals surface area contributed by atoms with E-state index in [1.54, 1.807) is 0 Å². The molecule has 0 spiro atoms. The lowest BCUT2D eigenvalue weighted by Gasteiger charge is -1.97. The van der Waals surface area contributed by atoms with E-state index < -0.39 is 28.2 Å². The molecule has 136 valence electrons. The summed E-state index contributed by atoms with van der Waals surface area (Å²) in [7, 11) is 0. The molecule has 0 N–H and O–H groups in total. The molecule has 1 heterocycles. The second-order valence-electron chi connectivity index (χ2n) is 5.27. The first-order chi connectivity index (χ1) is 12.9. The molecule has 0 bridgehead atoms. The third kappa shape index (κ3) is 3.82. The number of carbonyl (C=O) groups excluding carboxylic acids is 1. The molecule has 8 nitrogen and oxygen atoms in total. The highest BCUT2D eigenvalue weighted by Gasteiger charge is 2.26. The number of nitro groups is 1. The highest BCUT2D eigenvalue weighted by atomic mass is 35.5. The van der Waals surface area contributed by atoms with Crippen LogP contribution in [0.3, 0.4) is 0 Å². The Morgan fingerprint density at radius 1 is 1.26 bits per heavy atom. The van der Waals surface area contributed by atoms with Crippen LogP contribution in [0.5, 0.6) is 5.95 Å². The molecule has 0 atom stereocenters. The second-order valence-corrected chi connectivity index (χ2v) is 5.67. The first-order valence-corrected chi connectivity index (χ1v) is 7.76. The summed E-state index contributed by atoms with van der Waals surface area (Å²) in [5.41, 5.74) is 0.176. The SMILES string of the molecule is O=C(/C=C/c1ccc([N+](=O)[O-])cc1)c1c([O-])on[n+]1-c1ccc(F)c(Cl)c1. The van der Waals surface area contributed by atoms with Crippen molar-refractivity contribution in [2.75, 3.05) is 0 Å². The van der Waals surface area contributed by atoms with Gasteiger partial charge in [-0.05, 0) is 34.5 Å². The van der Waals surface area contributed by atoms with Crippen LogP contribution in [0.4, 0.5) is 10.1 Å². The van der Waals surface area contributed by atoms with Gasteiger partial charge in [-0.25, -0.2) is 4.39 Å². The Labute approximate surface area is 155 Å². The number of nitro benzene ring substituents is 1. The lowest BCUT2D eigenvalue weighted by Crippen LogP contribution is -2.38. The number of hydrogen-bond donors (Lipinski definition) is 0. The van der Waals surface area contributed by atoms with Crippen LogP contribution in [0, 0.1) is 15.9 Å². The third-order valence-electron chi connectivity index (χ3n) is 3.52. The van der Waals surface area contributed by atoms with Crippen molar-refractivity contribution in [3.63, 3.8) is 0 Å². The topological polar surface area (TPSA) is 113 Å². The zero-order chi connectivity index (χ0) is 19.6. The number of non-ortho nitro benzene ring substituents is 1. The minimum absolute atomic E-state index is 0.0922. The summed E-state index contributed by atoms with van der Waals surface area (Å²) in [6.07, 6.45) is 2.47. The predicted octanol–water partition coefficient (Wildman–Crippen LogP) is 2.62. The van der Waals surface area contributed by atoms with Gasteiger partial charge in [0.1, 0.15) is 5.82 Å². The van der Waals surface area contributed by atoms with Crippen molar-refractivity contribution in [2.24, 2.45) is 0 Å². The summed E-state index contributed by atoms with van der Waals surface area (Å²) in [5.74, 6) is -2.37. The van der Waals surface area contributed by atoms with Gasteiger partial charge in [0.2, 0.25) is 5.69 Å². The van der Waals surface area contributed by atoms with E-state index in [1.165, 1.54) is 42.5 Å². The number of aromatic nitrogens is 2. The molecule has 0 saturated heterocycles. The average molecular weight is 390 g/mol. The van der Waals surface area contributed by atoms with Gasteiger partial charge >= 0.3 is 5.69 Å². The van der Waals surface area contributed by atoms with Crippen molar-refractivity contribution in [3.8, 4) is 11.6 Å². The smallest absolute Gasteiger partial charge is 0.310 e. The van der Waals surface area contributed by atoms with Crippen LogP contribution in [0.25, 0.3) is 11.8 Å². The fourth-order valence-electron chi connectivity index (χ4n) is 2.20. The monoisotopic (exact) mass is 389 g/mol. The van der Waals surface area contributed by atoms with E-state index in [9.17, 15) is 24.4 Å². The van der Waals surface area contributed by atoms with Crippen molar-refractivity contribution < 1.29 is 28.4 Å². The Morgan fingerprint density at radius 3 is 2.59 bits per heavy atom. The molecule has 27 heavy (non-hydrogen) atoms. The third-order valence-corrected chi connectivity index (χ3v) is 3.81. The van der Waals surface area contributed by atoms with Crippen molar-refractivity contribution in [1.82, 2.24) is 5.27 Å². The molecule has 0 radical (unpaired) electrons. The number of carbonyl (C=O) groups is 1. The maximum Gasteiger partial charge on any atom is 0.310 e. The largest absolute Gasteiger partial charge is 0.539 e. The summed E-state index contributed by atoms with van der Waals surface area (Å²) >= 11 is 5.71. The highest BCUT2D eigenvalue weighted by molar-refractivity contribution is 6.30.